The number of nitrogens with two attached hydrogens (primary N) is 1. The molecule has 104 valence electrons. The molecule has 0 atom stereocenters. The first kappa shape index (κ1) is 13.7. The number of nitrogen functional groups attached to an aromatic ring is 1. The van der Waals surface area contributed by atoms with Crippen LogP contribution < -0.4 is 10.5 Å². The minimum atomic E-state index is -0.482. The van der Waals surface area contributed by atoms with Crippen LogP contribution in [0.25, 0.3) is 0 Å². The fraction of sp³-hybridized carbons (Fsp3) is 0.231. The zero-order chi connectivity index (χ0) is 14.7. The van der Waals surface area contributed by atoms with Gasteiger partial charge in [0.25, 0.3) is 5.69 Å². The smallest absolute Gasteiger partial charge is 0.273 e. The molecule has 20 heavy (non-hydrogen) atoms. The molecule has 7 nitrogen and oxygen atoms in total. The third kappa shape index (κ3) is 2.82. The van der Waals surface area contributed by atoms with Gasteiger partial charge in [0.2, 0.25) is 5.88 Å². The standard InChI is InChI=1S/C13H14N4O3/c1-8(2)11-12(14)15-7-16-13(11)20-10-5-3-4-9(6-10)17(18)19/h3-8H,1-2H3,(H2,14,15,16). The predicted molar refractivity (Wildman–Crippen MR) is 73.7 cm³/mol. The van der Waals surface area contributed by atoms with Crippen molar-refractivity contribution < 1.29 is 9.66 Å². The third-order valence-corrected chi connectivity index (χ3v) is 2.70. The van der Waals surface area contributed by atoms with Gasteiger partial charge in [0.1, 0.15) is 17.9 Å². The molecule has 0 saturated carbocycles. The Hall–Kier alpha value is -2.70. The Labute approximate surface area is 115 Å². The monoisotopic (exact) mass is 274 g/mol. The van der Waals surface area contributed by atoms with Gasteiger partial charge in [-0.1, -0.05) is 19.9 Å². The van der Waals surface area contributed by atoms with Crippen molar-refractivity contribution in [2.75, 3.05) is 5.73 Å². The van der Waals surface area contributed by atoms with Crippen molar-refractivity contribution in [3.05, 3.63) is 46.3 Å². The minimum absolute atomic E-state index is 0.0457. The van der Waals surface area contributed by atoms with E-state index >= 15 is 0 Å². The largest absolute Gasteiger partial charge is 0.438 e. The average Bonchev–Trinajstić information content (AvgIpc) is 2.38. The molecule has 2 N–H and O–H groups in total. The number of nitro groups is 1. The van der Waals surface area contributed by atoms with E-state index < -0.39 is 4.92 Å². The van der Waals surface area contributed by atoms with E-state index in [1.54, 1.807) is 12.1 Å². The molecule has 0 fully saturated rings. The molecule has 1 aromatic heterocycles. The lowest BCUT2D eigenvalue weighted by Gasteiger charge is -2.13. The van der Waals surface area contributed by atoms with Gasteiger partial charge >= 0.3 is 0 Å². The number of rotatable bonds is 4. The number of anilines is 1. The maximum atomic E-state index is 10.7. The number of hydrogen-bond acceptors (Lipinski definition) is 6. The van der Waals surface area contributed by atoms with E-state index in [0.717, 1.165) is 0 Å². The number of aromatic nitrogens is 2. The molecular formula is C13H14N4O3. The summed E-state index contributed by atoms with van der Waals surface area (Å²) in [5, 5.41) is 10.7. The summed E-state index contributed by atoms with van der Waals surface area (Å²) in [7, 11) is 0. The van der Waals surface area contributed by atoms with Crippen molar-refractivity contribution in [3.8, 4) is 11.6 Å². The molecule has 0 amide bonds. The Morgan fingerprint density at radius 3 is 2.75 bits per heavy atom. The fourth-order valence-corrected chi connectivity index (χ4v) is 1.79. The van der Waals surface area contributed by atoms with Crippen LogP contribution >= 0.6 is 0 Å². The van der Waals surface area contributed by atoms with Crippen LogP contribution in [0.1, 0.15) is 25.3 Å². The lowest BCUT2D eigenvalue weighted by molar-refractivity contribution is -0.384. The molecular weight excluding hydrogens is 260 g/mol. The lowest BCUT2D eigenvalue weighted by atomic mass is 10.1. The number of ether oxygens (including phenoxy) is 1. The van der Waals surface area contributed by atoms with Crippen molar-refractivity contribution in [1.29, 1.82) is 0 Å². The summed E-state index contributed by atoms with van der Waals surface area (Å²) < 4.78 is 5.61. The van der Waals surface area contributed by atoms with Crippen LogP contribution in [0, 0.1) is 10.1 Å². The molecule has 0 unspecified atom stereocenters. The maximum Gasteiger partial charge on any atom is 0.273 e. The molecule has 0 aliphatic rings. The normalized spacial score (nSPS) is 10.6. The number of benzene rings is 1. The Morgan fingerprint density at radius 2 is 2.10 bits per heavy atom. The van der Waals surface area contributed by atoms with Crippen molar-refractivity contribution in [2.24, 2.45) is 0 Å². The number of nitro benzene ring substituents is 1. The highest BCUT2D eigenvalue weighted by Gasteiger charge is 2.16. The van der Waals surface area contributed by atoms with E-state index in [-0.39, 0.29) is 11.6 Å². The Kier molecular flexibility index (Phi) is 3.79. The van der Waals surface area contributed by atoms with E-state index in [1.807, 2.05) is 13.8 Å². The molecule has 2 aromatic rings. The number of nitrogens with zero attached hydrogens (tertiary/aromatic N) is 3. The second-order valence-corrected chi connectivity index (χ2v) is 4.49. The van der Waals surface area contributed by atoms with Gasteiger partial charge in [0.05, 0.1) is 16.6 Å². The van der Waals surface area contributed by atoms with Crippen molar-refractivity contribution in [1.82, 2.24) is 9.97 Å². The molecule has 0 aliphatic heterocycles. The van der Waals surface area contributed by atoms with E-state index in [2.05, 4.69) is 9.97 Å². The van der Waals surface area contributed by atoms with Crippen LogP contribution in [0.5, 0.6) is 11.6 Å². The summed E-state index contributed by atoms with van der Waals surface area (Å²) in [4.78, 5) is 18.2. The second-order valence-electron chi connectivity index (χ2n) is 4.49. The molecule has 7 heteroatoms. The van der Waals surface area contributed by atoms with E-state index in [0.29, 0.717) is 23.0 Å². The van der Waals surface area contributed by atoms with Gasteiger partial charge in [0, 0.05) is 6.07 Å². The van der Waals surface area contributed by atoms with Crippen LogP contribution in [0.15, 0.2) is 30.6 Å². The zero-order valence-corrected chi connectivity index (χ0v) is 11.1. The molecule has 1 aromatic carbocycles. The van der Waals surface area contributed by atoms with E-state index in [4.69, 9.17) is 10.5 Å². The summed E-state index contributed by atoms with van der Waals surface area (Å²) in [6.45, 7) is 3.88. The van der Waals surface area contributed by atoms with Crippen LogP contribution in [-0.4, -0.2) is 14.9 Å². The highest BCUT2D eigenvalue weighted by atomic mass is 16.6. The predicted octanol–water partition coefficient (Wildman–Crippen LogP) is 2.88. The van der Waals surface area contributed by atoms with Crippen molar-refractivity contribution in [3.63, 3.8) is 0 Å². The Balaban J connectivity index is 2.37. The first-order chi connectivity index (χ1) is 9.49. The first-order valence-corrected chi connectivity index (χ1v) is 6.01. The summed E-state index contributed by atoms with van der Waals surface area (Å²) in [6.07, 6.45) is 1.30. The Bertz CT molecular complexity index is 643. The van der Waals surface area contributed by atoms with Gasteiger partial charge in [-0.3, -0.25) is 10.1 Å². The fourth-order valence-electron chi connectivity index (χ4n) is 1.79. The average molecular weight is 274 g/mol. The molecule has 1 heterocycles. The van der Waals surface area contributed by atoms with Crippen LogP contribution in [0.3, 0.4) is 0 Å². The summed E-state index contributed by atoms with van der Waals surface area (Å²) in [6, 6.07) is 5.90. The highest BCUT2D eigenvalue weighted by Crippen LogP contribution is 2.32. The minimum Gasteiger partial charge on any atom is -0.438 e. The third-order valence-electron chi connectivity index (χ3n) is 2.70. The SMILES string of the molecule is CC(C)c1c(N)ncnc1Oc1cccc([N+](=O)[O-])c1. The van der Waals surface area contributed by atoms with Gasteiger partial charge in [-0.15, -0.1) is 0 Å². The highest BCUT2D eigenvalue weighted by molar-refractivity contribution is 5.49. The molecule has 0 spiro atoms. The van der Waals surface area contributed by atoms with Gasteiger partial charge in [-0.25, -0.2) is 9.97 Å². The number of hydrogen-bond donors (Lipinski definition) is 1. The molecule has 2 rings (SSSR count). The van der Waals surface area contributed by atoms with Crippen molar-refractivity contribution in [2.45, 2.75) is 19.8 Å². The lowest BCUT2D eigenvalue weighted by Crippen LogP contribution is -2.04. The quantitative estimate of drug-likeness (QED) is 0.679. The molecule has 0 radical (unpaired) electrons. The molecule has 0 aliphatic carbocycles. The van der Waals surface area contributed by atoms with Crippen LogP contribution in [-0.2, 0) is 0 Å². The Morgan fingerprint density at radius 1 is 1.35 bits per heavy atom. The van der Waals surface area contributed by atoms with Gasteiger partial charge in [-0.2, -0.15) is 0 Å². The topological polar surface area (TPSA) is 104 Å². The summed E-state index contributed by atoms with van der Waals surface area (Å²) in [5.74, 6) is 1.06. The number of non-ortho nitro benzene ring substituents is 1. The van der Waals surface area contributed by atoms with E-state index in [1.165, 1.54) is 18.5 Å². The van der Waals surface area contributed by atoms with Gasteiger partial charge < -0.3 is 10.5 Å². The van der Waals surface area contributed by atoms with Crippen LogP contribution in [0.2, 0.25) is 0 Å². The molecule has 0 saturated heterocycles. The first-order valence-electron chi connectivity index (χ1n) is 6.01. The maximum absolute atomic E-state index is 10.7. The zero-order valence-electron chi connectivity index (χ0n) is 11.1. The van der Waals surface area contributed by atoms with Crippen molar-refractivity contribution >= 4 is 11.5 Å². The summed E-state index contributed by atoms with van der Waals surface area (Å²) >= 11 is 0. The second kappa shape index (κ2) is 5.52. The summed E-state index contributed by atoms with van der Waals surface area (Å²) in [5.41, 5.74) is 6.45. The molecule has 0 bridgehead atoms. The van der Waals surface area contributed by atoms with E-state index in [9.17, 15) is 10.1 Å². The van der Waals surface area contributed by atoms with Gasteiger partial charge in [-0.05, 0) is 12.0 Å². The van der Waals surface area contributed by atoms with Crippen LogP contribution in [0.4, 0.5) is 11.5 Å². The van der Waals surface area contributed by atoms with Gasteiger partial charge in [0.15, 0.2) is 0 Å².